The summed E-state index contributed by atoms with van der Waals surface area (Å²) in [5, 5.41) is 4.08. The van der Waals surface area contributed by atoms with Crippen molar-refractivity contribution in [1.29, 1.82) is 0 Å². The summed E-state index contributed by atoms with van der Waals surface area (Å²) >= 11 is 0. The maximum absolute atomic E-state index is 11.8. The predicted octanol–water partition coefficient (Wildman–Crippen LogP) is 1.40. The fraction of sp³-hybridized carbons (Fsp3) is 0.500. The molecule has 0 unspecified atom stereocenters. The summed E-state index contributed by atoms with van der Waals surface area (Å²) < 4.78 is 10.5. The van der Waals surface area contributed by atoms with Crippen LogP contribution in [0.1, 0.15) is 31.2 Å². The van der Waals surface area contributed by atoms with Crippen molar-refractivity contribution >= 4 is 5.97 Å². The van der Waals surface area contributed by atoms with Crippen molar-refractivity contribution in [3.8, 4) is 11.4 Å². The number of hydrogen-bond donors (Lipinski definition) is 1. The quantitative estimate of drug-likeness (QED) is 0.839. The number of nitrogens with one attached hydrogen (secondary N) is 1. The lowest BCUT2D eigenvalue weighted by Crippen LogP contribution is -3.11. The van der Waals surface area contributed by atoms with Crippen LogP contribution < -0.4 is 4.90 Å². The molecule has 0 aliphatic carbocycles. The first kappa shape index (κ1) is 16.6. The maximum atomic E-state index is 11.8. The molecule has 0 spiro atoms. The third-order valence-corrected chi connectivity index (χ3v) is 4.49. The van der Waals surface area contributed by atoms with Crippen LogP contribution in [-0.2, 0) is 16.1 Å². The summed E-state index contributed by atoms with van der Waals surface area (Å²) in [4.78, 5) is 17.6. The Kier molecular flexibility index (Phi) is 5.25. The molecule has 2 aromatic rings. The molecule has 2 heterocycles. The van der Waals surface area contributed by atoms with Gasteiger partial charge < -0.3 is 14.2 Å². The molecule has 0 saturated carbocycles. The first-order valence-electron chi connectivity index (χ1n) is 8.55. The van der Waals surface area contributed by atoms with E-state index in [2.05, 4.69) is 17.1 Å². The molecule has 0 atom stereocenters. The summed E-state index contributed by atoms with van der Waals surface area (Å²) in [6.07, 6.45) is 1.71. The van der Waals surface area contributed by atoms with Crippen LogP contribution in [0.15, 0.2) is 28.8 Å². The molecule has 1 fully saturated rings. The van der Waals surface area contributed by atoms with Gasteiger partial charge in [0.1, 0.15) is 0 Å². The van der Waals surface area contributed by atoms with Gasteiger partial charge in [0.2, 0.25) is 5.82 Å². The fourth-order valence-electron chi connectivity index (χ4n) is 3.06. The monoisotopic (exact) mass is 330 g/mol. The van der Waals surface area contributed by atoms with Gasteiger partial charge in [-0.2, -0.15) is 4.98 Å². The normalized spacial score (nSPS) is 20.8. The number of aromatic nitrogens is 2. The molecule has 6 heteroatoms. The molecule has 1 saturated heterocycles. The number of carbonyl (C=O) groups excluding carboxylic acids is 1. The van der Waals surface area contributed by atoms with E-state index in [-0.39, 0.29) is 11.9 Å². The van der Waals surface area contributed by atoms with E-state index < -0.39 is 0 Å². The Balaban J connectivity index is 1.54. The van der Waals surface area contributed by atoms with E-state index in [1.807, 2.05) is 31.2 Å². The molecule has 6 nitrogen and oxygen atoms in total. The highest BCUT2D eigenvalue weighted by Gasteiger charge is 2.29. The van der Waals surface area contributed by atoms with E-state index in [0.717, 1.165) is 31.5 Å². The van der Waals surface area contributed by atoms with Crippen LogP contribution in [0.5, 0.6) is 0 Å². The number of carbonyl (C=O) groups is 1. The molecular formula is C18H24N3O3+. The Labute approximate surface area is 141 Å². The minimum atomic E-state index is -0.0593. The Morgan fingerprint density at radius 3 is 2.67 bits per heavy atom. The molecule has 1 aromatic carbocycles. The zero-order valence-electron chi connectivity index (χ0n) is 14.2. The van der Waals surface area contributed by atoms with E-state index in [1.165, 1.54) is 10.5 Å². The lowest BCUT2D eigenvalue weighted by atomic mass is 9.97. The first-order chi connectivity index (χ1) is 11.7. The van der Waals surface area contributed by atoms with Crippen molar-refractivity contribution in [2.75, 3.05) is 19.7 Å². The van der Waals surface area contributed by atoms with Crippen LogP contribution in [0.4, 0.5) is 0 Å². The van der Waals surface area contributed by atoms with Gasteiger partial charge in [0, 0.05) is 18.4 Å². The third kappa shape index (κ3) is 4.00. The van der Waals surface area contributed by atoms with Gasteiger partial charge in [-0.15, -0.1) is 0 Å². The second-order valence-corrected chi connectivity index (χ2v) is 6.33. The SMILES string of the molecule is CCOC(=O)C1CC[NH+](Cc2nc(-c3ccc(C)cc3)no2)CC1. The topological polar surface area (TPSA) is 69.7 Å². The molecular weight excluding hydrogens is 306 g/mol. The highest BCUT2D eigenvalue weighted by Crippen LogP contribution is 2.16. The van der Waals surface area contributed by atoms with Gasteiger partial charge in [-0.05, 0) is 13.8 Å². The van der Waals surface area contributed by atoms with Gasteiger partial charge in [0.05, 0.1) is 25.6 Å². The average molecular weight is 330 g/mol. The molecule has 3 rings (SSSR count). The molecule has 1 aliphatic heterocycles. The molecule has 0 radical (unpaired) electrons. The van der Waals surface area contributed by atoms with Gasteiger partial charge in [-0.1, -0.05) is 35.0 Å². The van der Waals surface area contributed by atoms with Crippen LogP contribution >= 0.6 is 0 Å². The standard InChI is InChI=1S/C18H23N3O3/c1-3-23-18(22)15-8-10-21(11-9-15)12-16-19-17(20-24-16)14-6-4-13(2)5-7-14/h4-7,15H,3,8-12H2,1-2H3/p+1. The maximum Gasteiger partial charge on any atom is 0.309 e. The summed E-state index contributed by atoms with van der Waals surface area (Å²) in [6, 6.07) is 8.08. The number of likely N-dealkylation sites (tertiary alicyclic amines) is 1. The zero-order chi connectivity index (χ0) is 16.9. The van der Waals surface area contributed by atoms with Gasteiger partial charge in [-0.25, -0.2) is 0 Å². The molecule has 128 valence electrons. The number of hydrogen-bond acceptors (Lipinski definition) is 5. The average Bonchev–Trinajstić information content (AvgIpc) is 3.05. The van der Waals surface area contributed by atoms with E-state index in [1.54, 1.807) is 0 Å². The number of benzene rings is 1. The minimum absolute atomic E-state index is 0.0412. The second kappa shape index (κ2) is 7.57. The summed E-state index contributed by atoms with van der Waals surface area (Å²) in [5.41, 5.74) is 2.17. The molecule has 1 N–H and O–H groups in total. The minimum Gasteiger partial charge on any atom is -0.466 e. The van der Waals surface area contributed by atoms with Gasteiger partial charge in [-0.3, -0.25) is 4.79 Å². The van der Waals surface area contributed by atoms with Gasteiger partial charge in [0.15, 0.2) is 6.54 Å². The van der Waals surface area contributed by atoms with Gasteiger partial charge in [0.25, 0.3) is 5.89 Å². The third-order valence-electron chi connectivity index (χ3n) is 4.49. The molecule has 0 amide bonds. The van der Waals surface area contributed by atoms with Crippen LogP contribution in [0.3, 0.4) is 0 Å². The van der Waals surface area contributed by atoms with E-state index in [4.69, 9.17) is 9.26 Å². The Bertz CT molecular complexity index is 673. The van der Waals surface area contributed by atoms with E-state index in [0.29, 0.717) is 24.9 Å². The highest BCUT2D eigenvalue weighted by atomic mass is 16.5. The highest BCUT2D eigenvalue weighted by molar-refractivity contribution is 5.72. The summed E-state index contributed by atoms with van der Waals surface area (Å²) in [7, 11) is 0. The molecule has 1 aromatic heterocycles. The lowest BCUT2D eigenvalue weighted by molar-refractivity contribution is -0.920. The summed E-state index contributed by atoms with van der Waals surface area (Å²) in [5.74, 6) is 1.26. The number of esters is 1. The Hall–Kier alpha value is -2.21. The van der Waals surface area contributed by atoms with Crippen molar-refractivity contribution in [2.24, 2.45) is 5.92 Å². The van der Waals surface area contributed by atoms with Crippen molar-refractivity contribution in [3.05, 3.63) is 35.7 Å². The predicted molar refractivity (Wildman–Crippen MR) is 88.2 cm³/mol. The van der Waals surface area contributed by atoms with E-state index in [9.17, 15) is 4.79 Å². The van der Waals surface area contributed by atoms with Crippen LogP contribution in [0, 0.1) is 12.8 Å². The second-order valence-electron chi connectivity index (χ2n) is 6.33. The number of rotatable bonds is 5. The van der Waals surface area contributed by atoms with Crippen LogP contribution in [0.2, 0.25) is 0 Å². The number of quaternary nitrogens is 1. The first-order valence-corrected chi connectivity index (χ1v) is 8.55. The van der Waals surface area contributed by atoms with Crippen molar-refractivity contribution in [2.45, 2.75) is 33.2 Å². The number of piperidine rings is 1. The number of nitrogens with zero attached hydrogens (tertiary/aromatic N) is 2. The Morgan fingerprint density at radius 2 is 2.00 bits per heavy atom. The molecule has 0 bridgehead atoms. The Morgan fingerprint density at radius 1 is 1.29 bits per heavy atom. The smallest absolute Gasteiger partial charge is 0.309 e. The zero-order valence-corrected chi connectivity index (χ0v) is 14.2. The van der Waals surface area contributed by atoms with Crippen LogP contribution in [0.25, 0.3) is 11.4 Å². The van der Waals surface area contributed by atoms with Gasteiger partial charge >= 0.3 is 5.97 Å². The lowest BCUT2D eigenvalue weighted by Gasteiger charge is -2.26. The summed E-state index contributed by atoms with van der Waals surface area (Å²) in [6.45, 7) is 6.90. The van der Waals surface area contributed by atoms with Crippen LogP contribution in [-0.4, -0.2) is 35.8 Å². The number of ether oxygens (including phenoxy) is 1. The van der Waals surface area contributed by atoms with Crippen molar-refractivity contribution in [3.63, 3.8) is 0 Å². The molecule has 1 aliphatic rings. The largest absolute Gasteiger partial charge is 0.466 e. The van der Waals surface area contributed by atoms with Crippen molar-refractivity contribution in [1.82, 2.24) is 10.1 Å². The van der Waals surface area contributed by atoms with Crippen molar-refractivity contribution < 1.29 is 19.0 Å². The van der Waals surface area contributed by atoms with E-state index >= 15 is 0 Å². The molecule has 24 heavy (non-hydrogen) atoms. The number of aryl methyl sites for hydroxylation is 1. The fourth-order valence-corrected chi connectivity index (χ4v) is 3.06.